The number of halogens is 4. The second kappa shape index (κ2) is 11.3. The van der Waals surface area contributed by atoms with Crippen molar-refractivity contribution in [2.24, 2.45) is 0 Å². The Morgan fingerprint density at radius 3 is 2.58 bits per heavy atom. The van der Waals surface area contributed by atoms with Crippen molar-refractivity contribution in [3.05, 3.63) is 101 Å². The maximum absolute atomic E-state index is 14.9. The highest BCUT2D eigenvalue weighted by Gasteiger charge is 2.21. The minimum atomic E-state index is -0.915. The smallest absolute Gasteiger partial charge is 0.199 e. The number of nitrogens with zero attached hydrogens (tertiary/aromatic N) is 1. The van der Waals surface area contributed by atoms with Crippen molar-refractivity contribution in [3.63, 3.8) is 0 Å². The monoisotopic (exact) mass is 525 g/mol. The van der Waals surface area contributed by atoms with Gasteiger partial charge in [0.15, 0.2) is 17.4 Å². The van der Waals surface area contributed by atoms with Gasteiger partial charge < -0.3 is 24.6 Å². The van der Waals surface area contributed by atoms with E-state index in [4.69, 9.17) is 9.84 Å². The topological polar surface area (TPSA) is 91.0 Å². The van der Waals surface area contributed by atoms with Crippen molar-refractivity contribution >= 4 is 17.2 Å². The number of H-pyrrole nitrogens is 2. The number of hydrogen-bond donors (Lipinski definition) is 3. The second-order valence-electron chi connectivity index (χ2n) is 8.28. The van der Waals surface area contributed by atoms with Gasteiger partial charge in [-0.3, -0.25) is 0 Å². The van der Waals surface area contributed by atoms with Crippen molar-refractivity contribution in [2.75, 3.05) is 7.11 Å². The van der Waals surface area contributed by atoms with Crippen LogP contribution in [0, 0.1) is 23.3 Å². The molecule has 2 aromatic heterocycles. The highest BCUT2D eigenvalue weighted by atomic mass is 19.1. The van der Waals surface area contributed by atoms with Crippen molar-refractivity contribution in [3.8, 4) is 22.9 Å². The molecule has 1 atom stereocenters. The summed E-state index contributed by atoms with van der Waals surface area (Å²) in [4.78, 5) is 20.8. The number of aromatic amines is 2. The molecule has 0 radical (unpaired) electrons. The van der Waals surface area contributed by atoms with Crippen LogP contribution < -0.4 is 4.74 Å². The third-order valence-electron chi connectivity index (χ3n) is 6.06. The molecule has 3 aromatic carbocycles. The molecule has 0 bridgehead atoms. The molecule has 1 unspecified atom stereocenters. The Morgan fingerprint density at radius 2 is 1.82 bits per heavy atom. The molecule has 6 nitrogen and oxygen atoms in total. The van der Waals surface area contributed by atoms with Crippen LogP contribution in [0.25, 0.3) is 22.3 Å². The number of carbonyl (C=O) groups is 1. The van der Waals surface area contributed by atoms with E-state index in [0.29, 0.717) is 17.5 Å². The zero-order chi connectivity index (χ0) is 27.4. The Labute approximate surface area is 214 Å². The highest BCUT2D eigenvalue weighted by molar-refractivity contribution is 5.82. The van der Waals surface area contributed by atoms with Gasteiger partial charge in [0.05, 0.1) is 11.1 Å². The lowest BCUT2D eigenvalue weighted by Crippen LogP contribution is -2.03. The summed E-state index contributed by atoms with van der Waals surface area (Å²) >= 11 is 0. The zero-order valence-electron chi connectivity index (χ0n) is 20.4. The van der Waals surface area contributed by atoms with Gasteiger partial charge in [0.25, 0.3) is 0 Å². The largest absolute Gasteiger partial charge is 0.451 e. The molecule has 0 spiro atoms. The van der Waals surface area contributed by atoms with E-state index < -0.39 is 34.9 Å². The van der Waals surface area contributed by atoms with Gasteiger partial charge in [-0.05, 0) is 35.4 Å². The molecule has 0 saturated heterocycles. The summed E-state index contributed by atoms with van der Waals surface area (Å²) in [6, 6.07) is 11.0. The fourth-order valence-electron chi connectivity index (χ4n) is 4.11. The van der Waals surface area contributed by atoms with Crippen molar-refractivity contribution in [2.45, 2.75) is 19.3 Å². The fourth-order valence-corrected chi connectivity index (χ4v) is 4.11. The average Bonchev–Trinajstić information content (AvgIpc) is 3.60. The van der Waals surface area contributed by atoms with Crippen LogP contribution in [0.3, 0.4) is 0 Å². The summed E-state index contributed by atoms with van der Waals surface area (Å²) in [7, 11) is 1.00. The Morgan fingerprint density at radius 1 is 1.03 bits per heavy atom. The van der Waals surface area contributed by atoms with Gasteiger partial charge >= 0.3 is 0 Å². The molecule has 0 amide bonds. The van der Waals surface area contributed by atoms with Crippen LogP contribution in [0.4, 0.5) is 17.6 Å². The Balaban J connectivity index is 0.00000164. The van der Waals surface area contributed by atoms with Gasteiger partial charge in [0.1, 0.15) is 29.5 Å². The van der Waals surface area contributed by atoms with Gasteiger partial charge in [0.2, 0.25) is 0 Å². The summed E-state index contributed by atoms with van der Waals surface area (Å²) in [5, 5.41) is 7.16. The lowest BCUT2D eigenvalue weighted by Gasteiger charge is -2.13. The van der Waals surface area contributed by atoms with E-state index in [2.05, 4.69) is 15.0 Å². The summed E-state index contributed by atoms with van der Waals surface area (Å²) < 4.78 is 64.3. The first-order chi connectivity index (χ1) is 18.4. The minimum absolute atomic E-state index is 0.00214. The Hall–Kier alpha value is -4.44. The van der Waals surface area contributed by atoms with E-state index in [1.54, 1.807) is 25.1 Å². The van der Waals surface area contributed by atoms with Crippen LogP contribution in [-0.4, -0.2) is 33.5 Å². The molecule has 10 heteroatoms. The summed E-state index contributed by atoms with van der Waals surface area (Å²) in [5.41, 5.74) is 1.43. The molecule has 0 fully saturated rings. The Kier molecular flexibility index (Phi) is 7.92. The maximum Gasteiger partial charge on any atom is 0.199 e. The quantitative estimate of drug-likeness (QED) is 0.169. The number of rotatable bonds is 7. The predicted octanol–water partition coefficient (Wildman–Crippen LogP) is 6.41. The number of carbonyl (C=O) groups excluding carboxylic acids is 1. The zero-order valence-corrected chi connectivity index (χ0v) is 20.4. The number of aliphatic hydroxyl groups is 1. The van der Waals surface area contributed by atoms with Crippen LogP contribution in [-0.2, 0) is 11.2 Å². The molecular formula is C28H23F4N3O3. The van der Waals surface area contributed by atoms with Crippen LogP contribution >= 0.6 is 0 Å². The number of aldehydes is 1. The minimum Gasteiger partial charge on any atom is -0.451 e. The van der Waals surface area contributed by atoms with Gasteiger partial charge in [0, 0.05) is 49.0 Å². The number of aliphatic hydroxyl groups excluding tert-OH is 1. The van der Waals surface area contributed by atoms with Crippen molar-refractivity contribution < 1.29 is 32.2 Å². The third kappa shape index (κ3) is 5.03. The molecule has 0 aliphatic rings. The van der Waals surface area contributed by atoms with Gasteiger partial charge in [-0.25, -0.2) is 22.5 Å². The molecule has 5 rings (SSSR count). The van der Waals surface area contributed by atoms with Crippen LogP contribution in [0.5, 0.6) is 11.5 Å². The number of hydrogen-bond acceptors (Lipinski definition) is 4. The van der Waals surface area contributed by atoms with E-state index in [-0.39, 0.29) is 40.0 Å². The lowest BCUT2D eigenvalue weighted by atomic mass is 9.95. The van der Waals surface area contributed by atoms with Crippen LogP contribution in [0.15, 0.2) is 60.9 Å². The number of nitrogens with one attached hydrogen (secondary N) is 2. The van der Waals surface area contributed by atoms with Crippen LogP contribution in [0.1, 0.15) is 29.7 Å². The molecule has 2 heterocycles. The number of imidazole rings is 1. The molecule has 38 heavy (non-hydrogen) atoms. The number of aromatic nitrogens is 3. The lowest BCUT2D eigenvalue weighted by molar-refractivity contribution is -0.107. The number of benzene rings is 3. The second-order valence-corrected chi connectivity index (χ2v) is 8.28. The summed E-state index contributed by atoms with van der Waals surface area (Å²) in [6.45, 7) is 1.75. The van der Waals surface area contributed by atoms with Crippen LogP contribution in [0.2, 0.25) is 0 Å². The van der Waals surface area contributed by atoms with Gasteiger partial charge in [-0.15, -0.1) is 0 Å². The maximum atomic E-state index is 14.9. The summed E-state index contributed by atoms with van der Waals surface area (Å²) in [6.07, 6.45) is 3.52. The number of fused-ring (bicyclic) bond motifs is 1. The van der Waals surface area contributed by atoms with E-state index in [1.165, 1.54) is 30.6 Å². The van der Waals surface area contributed by atoms with Crippen molar-refractivity contribution in [1.29, 1.82) is 0 Å². The third-order valence-corrected chi connectivity index (χ3v) is 6.06. The first kappa shape index (κ1) is 26.6. The SMILES string of the molecule is CC(c1cnc(-c2cc(Oc3c(F)cc4[nH]ccc4c3F)ccc2F)[nH]1)c1cccc(CC=O)c1F.CO. The van der Waals surface area contributed by atoms with E-state index in [9.17, 15) is 22.4 Å². The normalized spacial score (nSPS) is 11.7. The molecule has 0 saturated carbocycles. The number of ether oxygens (including phenoxy) is 1. The molecule has 196 valence electrons. The van der Waals surface area contributed by atoms with Crippen molar-refractivity contribution in [1.82, 2.24) is 15.0 Å². The first-order valence-corrected chi connectivity index (χ1v) is 11.5. The summed E-state index contributed by atoms with van der Waals surface area (Å²) in [5.74, 6) is -3.89. The average molecular weight is 526 g/mol. The molecule has 5 aromatic rings. The fraction of sp³-hybridized carbons (Fsp3) is 0.143. The van der Waals surface area contributed by atoms with Gasteiger partial charge in [-0.1, -0.05) is 25.1 Å². The van der Waals surface area contributed by atoms with E-state index >= 15 is 0 Å². The first-order valence-electron chi connectivity index (χ1n) is 11.5. The highest BCUT2D eigenvalue weighted by Crippen LogP contribution is 2.35. The Bertz CT molecular complexity index is 1600. The van der Waals surface area contributed by atoms with Gasteiger partial charge in [-0.2, -0.15) is 0 Å². The molecule has 0 aliphatic carbocycles. The standard InChI is InChI=1S/C27H19F4N3O2.CH4O/c1-14(17-4-2-3-15(8-10-35)24(17)30)23-13-33-27(34-23)19-11-16(5-6-20(19)28)36-26-21(29)12-22-18(25(26)31)7-9-32-22;1-2/h2-7,9-14,32H,8H2,1H3,(H,33,34);2H,1H3. The molecular weight excluding hydrogens is 502 g/mol. The predicted molar refractivity (Wildman–Crippen MR) is 134 cm³/mol. The van der Waals surface area contributed by atoms with E-state index in [1.807, 2.05) is 0 Å². The molecule has 3 N–H and O–H groups in total. The molecule has 0 aliphatic heterocycles. The van der Waals surface area contributed by atoms with E-state index in [0.717, 1.165) is 19.2 Å².